The van der Waals surface area contributed by atoms with Crippen molar-refractivity contribution < 1.29 is 4.79 Å². The van der Waals surface area contributed by atoms with Gasteiger partial charge in [-0.3, -0.25) is 4.79 Å². The highest BCUT2D eigenvalue weighted by atomic mass is 35.5. The van der Waals surface area contributed by atoms with Gasteiger partial charge >= 0.3 is 0 Å². The van der Waals surface area contributed by atoms with Crippen molar-refractivity contribution in [2.24, 2.45) is 0 Å². The van der Waals surface area contributed by atoms with Gasteiger partial charge in [-0.05, 0) is 30.7 Å². The van der Waals surface area contributed by atoms with Gasteiger partial charge in [-0.15, -0.1) is 11.3 Å². The third kappa shape index (κ3) is 3.05. The van der Waals surface area contributed by atoms with E-state index < -0.39 is 0 Å². The Kier molecular flexibility index (Phi) is 4.27. The minimum Gasteiger partial charge on any atom is -0.345 e. The number of hydrogen-bond donors (Lipinski definition) is 1. The lowest BCUT2D eigenvalue weighted by Gasteiger charge is -2.14. The van der Waals surface area contributed by atoms with Crippen LogP contribution in [0.3, 0.4) is 0 Å². The molecule has 1 amide bonds. The molecule has 0 saturated carbocycles. The van der Waals surface area contributed by atoms with Crippen molar-refractivity contribution in [1.29, 1.82) is 0 Å². The first kappa shape index (κ1) is 13.4. The van der Waals surface area contributed by atoms with Crippen molar-refractivity contribution >= 4 is 40.4 Å². The van der Waals surface area contributed by atoms with Gasteiger partial charge in [0.05, 0.1) is 15.3 Å². The minimum absolute atomic E-state index is 0.140. The van der Waals surface area contributed by atoms with Gasteiger partial charge in [-0.25, -0.2) is 0 Å². The summed E-state index contributed by atoms with van der Waals surface area (Å²) in [4.78, 5) is 12.5. The highest BCUT2D eigenvalue weighted by molar-refractivity contribution is 7.17. The Morgan fingerprint density at radius 1 is 1.22 bits per heavy atom. The fourth-order valence-electron chi connectivity index (χ4n) is 1.61. The molecule has 0 aliphatic heterocycles. The van der Waals surface area contributed by atoms with Crippen LogP contribution in [0.1, 0.15) is 28.2 Å². The normalized spacial score (nSPS) is 12.2. The average Bonchev–Trinajstić information content (AvgIpc) is 2.76. The predicted molar refractivity (Wildman–Crippen MR) is 76.7 cm³/mol. The summed E-state index contributed by atoms with van der Waals surface area (Å²) in [6, 6.07) is 10.7. The fraction of sp³-hybridized carbons (Fsp3) is 0.154. The van der Waals surface area contributed by atoms with Gasteiger partial charge in [0.2, 0.25) is 0 Å². The summed E-state index contributed by atoms with van der Waals surface area (Å²) in [5.41, 5.74) is 0.898. The molecule has 0 bridgehead atoms. The molecule has 2 aromatic rings. The third-order valence-corrected chi connectivity index (χ3v) is 4.09. The highest BCUT2D eigenvalue weighted by Gasteiger charge is 2.14. The van der Waals surface area contributed by atoms with E-state index in [1.54, 1.807) is 12.1 Å². The Labute approximate surface area is 120 Å². The molecule has 0 aliphatic carbocycles. The van der Waals surface area contributed by atoms with Crippen LogP contribution in [0.2, 0.25) is 9.36 Å². The lowest BCUT2D eigenvalue weighted by atomic mass is 10.1. The number of carbonyl (C=O) groups is 1. The van der Waals surface area contributed by atoms with E-state index in [1.807, 2.05) is 31.2 Å². The molecule has 1 aromatic heterocycles. The molecule has 1 aromatic carbocycles. The van der Waals surface area contributed by atoms with Crippen LogP contribution in [0.5, 0.6) is 0 Å². The summed E-state index contributed by atoms with van der Waals surface area (Å²) >= 11 is 13.1. The van der Waals surface area contributed by atoms with E-state index in [9.17, 15) is 4.79 Å². The quantitative estimate of drug-likeness (QED) is 0.885. The number of thiophene rings is 1. The molecule has 1 atom stereocenters. The van der Waals surface area contributed by atoms with E-state index in [1.165, 1.54) is 11.3 Å². The first-order chi connectivity index (χ1) is 8.58. The van der Waals surface area contributed by atoms with E-state index in [0.717, 1.165) is 5.56 Å². The van der Waals surface area contributed by atoms with E-state index in [0.29, 0.717) is 14.2 Å². The van der Waals surface area contributed by atoms with Gasteiger partial charge in [0.25, 0.3) is 5.91 Å². The lowest BCUT2D eigenvalue weighted by Crippen LogP contribution is -2.26. The van der Waals surface area contributed by atoms with Crippen molar-refractivity contribution in [3.63, 3.8) is 0 Å². The van der Waals surface area contributed by atoms with Crippen LogP contribution in [0.25, 0.3) is 0 Å². The van der Waals surface area contributed by atoms with Gasteiger partial charge in [0.15, 0.2) is 0 Å². The summed E-state index contributed by atoms with van der Waals surface area (Å²) in [7, 11) is 0. The fourth-order valence-corrected chi connectivity index (χ4v) is 2.85. The van der Waals surface area contributed by atoms with E-state index in [2.05, 4.69) is 5.32 Å². The summed E-state index contributed by atoms with van der Waals surface area (Å²) in [5, 5.41) is 3.54. The van der Waals surface area contributed by atoms with Crippen molar-refractivity contribution in [3.8, 4) is 0 Å². The highest BCUT2D eigenvalue weighted by Crippen LogP contribution is 2.24. The Morgan fingerprint density at radius 3 is 2.56 bits per heavy atom. The van der Waals surface area contributed by atoms with Crippen molar-refractivity contribution in [3.05, 3.63) is 56.2 Å². The predicted octanol–water partition coefficient (Wildman–Crippen LogP) is 4.55. The Hall–Kier alpha value is -1.03. The van der Waals surface area contributed by atoms with Gasteiger partial charge in [-0.2, -0.15) is 0 Å². The van der Waals surface area contributed by atoms with Crippen LogP contribution in [0, 0.1) is 0 Å². The number of amides is 1. The zero-order valence-electron chi connectivity index (χ0n) is 9.61. The van der Waals surface area contributed by atoms with Crippen LogP contribution >= 0.6 is 34.5 Å². The van der Waals surface area contributed by atoms with E-state index in [-0.39, 0.29) is 11.9 Å². The Morgan fingerprint density at radius 2 is 1.94 bits per heavy atom. The number of nitrogens with one attached hydrogen (secondary N) is 1. The zero-order valence-corrected chi connectivity index (χ0v) is 11.9. The molecule has 2 nitrogen and oxygen atoms in total. The summed E-state index contributed by atoms with van der Waals surface area (Å²) < 4.78 is 0.602. The third-order valence-electron chi connectivity index (χ3n) is 2.52. The van der Waals surface area contributed by atoms with Gasteiger partial charge < -0.3 is 5.32 Å². The standard InChI is InChI=1S/C13H11Cl2NOS/c1-8(9-4-2-3-5-10(9)14)16-13(17)11-6-7-12(15)18-11/h2-8H,1H3,(H,16,17). The Bertz CT molecular complexity index is 568. The monoisotopic (exact) mass is 299 g/mol. The molecular weight excluding hydrogens is 289 g/mol. The van der Waals surface area contributed by atoms with Gasteiger partial charge in [0.1, 0.15) is 0 Å². The zero-order chi connectivity index (χ0) is 13.1. The molecule has 1 unspecified atom stereocenters. The van der Waals surface area contributed by atoms with Crippen molar-refractivity contribution in [2.45, 2.75) is 13.0 Å². The van der Waals surface area contributed by atoms with Crippen LogP contribution in [0.4, 0.5) is 0 Å². The number of carbonyl (C=O) groups excluding carboxylic acids is 1. The molecule has 0 spiro atoms. The van der Waals surface area contributed by atoms with E-state index in [4.69, 9.17) is 23.2 Å². The average molecular weight is 300 g/mol. The number of halogens is 2. The maximum absolute atomic E-state index is 12.0. The molecule has 0 saturated heterocycles. The molecule has 5 heteroatoms. The molecule has 2 rings (SSSR count). The molecule has 1 N–H and O–H groups in total. The summed E-state index contributed by atoms with van der Waals surface area (Å²) in [6.07, 6.45) is 0. The second-order valence-electron chi connectivity index (χ2n) is 3.82. The molecular formula is C13H11Cl2NOS. The molecule has 1 heterocycles. The second-order valence-corrected chi connectivity index (χ2v) is 5.94. The van der Waals surface area contributed by atoms with Gasteiger partial charge in [-0.1, -0.05) is 41.4 Å². The first-order valence-corrected chi connectivity index (χ1v) is 6.96. The van der Waals surface area contributed by atoms with Crippen molar-refractivity contribution in [2.75, 3.05) is 0 Å². The van der Waals surface area contributed by atoms with E-state index >= 15 is 0 Å². The molecule has 0 fully saturated rings. The smallest absolute Gasteiger partial charge is 0.261 e. The first-order valence-electron chi connectivity index (χ1n) is 5.38. The Balaban J connectivity index is 2.10. The maximum Gasteiger partial charge on any atom is 0.261 e. The van der Waals surface area contributed by atoms with Crippen molar-refractivity contribution in [1.82, 2.24) is 5.32 Å². The molecule has 94 valence electrons. The van der Waals surface area contributed by atoms with Crippen LogP contribution in [0.15, 0.2) is 36.4 Å². The van der Waals surface area contributed by atoms with Crippen LogP contribution < -0.4 is 5.32 Å². The number of benzene rings is 1. The second kappa shape index (κ2) is 5.74. The van der Waals surface area contributed by atoms with Crippen LogP contribution in [-0.4, -0.2) is 5.91 Å². The maximum atomic E-state index is 12.0. The summed E-state index contributed by atoms with van der Waals surface area (Å²) in [6.45, 7) is 1.90. The van der Waals surface area contributed by atoms with Crippen LogP contribution in [-0.2, 0) is 0 Å². The molecule has 0 radical (unpaired) electrons. The topological polar surface area (TPSA) is 29.1 Å². The lowest BCUT2D eigenvalue weighted by molar-refractivity contribution is 0.0944. The molecule has 0 aliphatic rings. The summed E-state index contributed by atoms with van der Waals surface area (Å²) in [5.74, 6) is -0.140. The number of hydrogen-bond acceptors (Lipinski definition) is 2. The van der Waals surface area contributed by atoms with Gasteiger partial charge in [0, 0.05) is 5.02 Å². The molecule has 18 heavy (non-hydrogen) atoms. The minimum atomic E-state index is -0.146. The SMILES string of the molecule is CC(NC(=O)c1ccc(Cl)s1)c1ccccc1Cl. The largest absolute Gasteiger partial charge is 0.345 e. The number of rotatable bonds is 3.